The molecule has 0 radical (unpaired) electrons. The van der Waals surface area contributed by atoms with Gasteiger partial charge in [0, 0.05) is 23.6 Å². The third kappa shape index (κ3) is 3.41. The lowest BCUT2D eigenvalue weighted by Crippen LogP contribution is -2.13. The SMILES string of the molecule is O=C(O)C(O)c1cc([N+](=O)[O-])ccc1CCCCl. The highest BCUT2D eigenvalue weighted by Crippen LogP contribution is 2.25. The summed E-state index contributed by atoms with van der Waals surface area (Å²) in [5.41, 5.74) is 0.345. The van der Waals surface area contributed by atoms with E-state index in [1.165, 1.54) is 12.1 Å². The van der Waals surface area contributed by atoms with E-state index in [-0.39, 0.29) is 11.3 Å². The molecule has 6 nitrogen and oxygen atoms in total. The number of aliphatic hydroxyl groups is 1. The molecule has 0 fully saturated rings. The molecule has 1 aromatic rings. The Bertz CT molecular complexity index is 463. The fraction of sp³-hybridized carbons (Fsp3) is 0.364. The number of carboxylic acids is 1. The molecule has 0 bridgehead atoms. The normalized spacial score (nSPS) is 12.1. The van der Waals surface area contributed by atoms with Crippen LogP contribution >= 0.6 is 11.6 Å². The average Bonchev–Trinajstić information content (AvgIpc) is 2.34. The van der Waals surface area contributed by atoms with E-state index in [2.05, 4.69) is 0 Å². The second-order valence-electron chi connectivity index (χ2n) is 3.67. The van der Waals surface area contributed by atoms with Crippen molar-refractivity contribution < 1.29 is 19.9 Å². The van der Waals surface area contributed by atoms with Crippen LogP contribution in [0.25, 0.3) is 0 Å². The van der Waals surface area contributed by atoms with Gasteiger partial charge < -0.3 is 10.2 Å². The molecule has 1 rings (SSSR count). The number of nitro benzene ring substituents is 1. The quantitative estimate of drug-likeness (QED) is 0.468. The number of aliphatic hydroxyl groups excluding tert-OH is 1. The zero-order valence-electron chi connectivity index (χ0n) is 9.38. The molecule has 0 spiro atoms. The maximum absolute atomic E-state index is 10.8. The Morgan fingerprint density at radius 3 is 2.67 bits per heavy atom. The molecule has 0 amide bonds. The van der Waals surface area contributed by atoms with Crippen molar-refractivity contribution in [2.45, 2.75) is 18.9 Å². The summed E-state index contributed by atoms with van der Waals surface area (Å²) in [6.07, 6.45) is -0.713. The second kappa shape index (κ2) is 6.32. The maximum Gasteiger partial charge on any atom is 0.337 e. The number of alkyl halides is 1. The monoisotopic (exact) mass is 273 g/mol. The lowest BCUT2D eigenvalue weighted by Gasteiger charge is -2.11. The van der Waals surface area contributed by atoms with Crippen LogP contribution in [0, 0.1) is 10.1 Å². The number of aryl methyl sites for hydroxylation is 1. The smallest absolute Gasteiger partial charge is 0.337 e. The predicted octanol–water partition coefficient (Wildman–Crippen LogP) is 1.88. The molecule has 98 valence electrons. The van der Waals surface area contributed by atoms with Crippen molar-refractivity contribution in [3.8, 4) is 0 Å². The largest absolute Gasteiger partial charge is 0.479 e. The van der Waals surface area contributed by atoms with E-state index in [1.807, 2.05) is 0 Å². The third-order valence-electron chi connectivity index (χ3n) is 2.45. The van der Waals surface area contributed by atoms with E-state index in [0.29, 0.717) is 24.3 Å². The first-order valence-corrected chi connectivity index (χ1v) is 5.75. The van der Waals surface area contributed by atoms with Crippen LogP contribution in [0.2, 0.25) is 0 Å². The van der Waals surface area contributed by atoms with Crippen molar-refractivity contribution in [1.29, 1.82) is 0 Å². The van der Waals surface area contributed by atoms with E-state index < -0.39 is 17.0 Å². The number of non-ortho nitro benzene ring substituents is 1. The highest BCUT2D eigenvalue weighted by atomic mass is 35.5. The summed E-state index contributed by atoms with van der Waals surface area (Å²) in [5, 5.41) is 28.9. The minimum atomic E-state index is -1.77. The van der Waals surface area contributed by atoms with Gasteiger partial charge in [0.1, 0.15) is 0 Å². The van der Waals surface area contributed by atoms with Gasteiger partial charge in [0.05, 0.1) is 4.92 Å². The van der Waals surface area contributed by atoms with Gasteiger partial charge in [0.15, 0.2) is 6.10 Å². The van der Waals surface area contributed by atoms with Crippen LogP contribution in [-0.2, 0) is 11.2 Å². The first-order chi connectivity index (χ1) is 8.47. The Balaban J connectivity index is 3.17. The summed E-state index contributed by atoms with van der Waals surface area (Å²) in [6.45, 7) is 0. The number of hydrogen-bond donors (Lipinski definition) is 2. The Morgan fingerprint density at radius 2 is 2.17 bits per heavy atom. The number of halogens is 1. The van der Waals surface area contributed by atoms with E-state index in [4.69, 9.17) is 16.7 Å². The molecule has 1 aromatic carbocycles. The van der Waals surface area contributed by atoms with Gasteiger partial charge in [-0.15, -0.1) is 11.6 Å². The number of carbonyl (C=O) groups is 1. The van der Waals surface area contributed by atoms with Gasteiger partial charge in [-0.05, 0) is 18.4 Å². The van der Waals surface area contributed by atoms with E-state index in [1.54, 1.807) is 0 Å². The highest BCUT2D eigenvalue weighted by Gasteiger charge is 2.22. The Hall–Kier alpha value is -1.66. The number of rotatable bonds is 6. The van der Waals surface area contributed by atoms with Crippen LogP contribution in [0.5, 0.6) is 0 Å². The van der Waals surface area contributed by atoms with Crippen LogP contribution in [0.1, 0.15) is 23.7 Å². The first kappa shape index (κ1) is 14.4. The van der Waals surface area contributed by atoms with Crippen molar-refractivity contribution in [1.82, 2.24) is 0 Å². The van der Waals surface area contributed by atoms with E-state index >= 15 is 0 Å². The highest BCUT2D eigenvalue weighted by molar-refractivity contribution is 6.17. The Kier molecular flexibility index (Phi) is 5.06. The average molecular weight is 274 g/mol. The fourth-order valence-corrected chi connectivity index (χ4v) is 1.70. The summed E-state index contributed by atoms with van der Waals surface area (Å²) in [6, 6.07) is 3.82. The number of hydrogen-bond acceptors (Lipinski definition) is 4. The van der Waals surface area contributed by atoms with Crippen molar-refractivity contribution in [2.75, 3.05) is 5.88 Å². The third-order valence-corrected chi connectivity index (χ3v) is 2.72. The molecule has 1 unspecified atom stereocenters. The van der Waals surface area contributed by atoms with Gasteiger partial charge in [-0.2, -0.15) is 0 Å². The topological polar surface area (TPSA) is 101 Å². The molecule has 0 aliphatic heterocycles. The molecule has 0 heterocycles. The Morgan fingerprint density at radius 1 is 1.50 bits per heavy atom. The molecule has 0 aliphatic rings. The van der Waals surface area contributed by atoms with Crippen LogP contribution in [-0.4, -0.2) is 27.0 Å². The zero-order chi connectivity index (χ0) is 13.7. The van der Waals surface area contributed by atoms with Crippen LogP contribution in [0.4, 0.5) is 5.69 Å². The second-order valence-corrected chi connectivity index (χ2v) is 4.05. The van der Waals surface area contributed by atoms with Gasteiger partial charge in [0.25, 0.3) is 5.69 Å². The van der Waals surface area contributed by atoms with Crippen molar-refractivity contribution in [3.05, 3.63) is 39.4 Å². The maximum atomic E-state index is 10.8. The Labute approximate surface area is 108 Å². The minimum absolute atomic E-state index is 0.0433. The molecule has 0 aromatic heterocycles. The van der Waals surface area contributed by atoms with Gasteiger partial charge in [-0.25, -0.2) is 4.79 Å². The van der Waals surface area contributed by atoms with Gasteiger partial charge in [0.2, 0.25) is 0 Å². The molecule has 0 saturated carbocycles. The summed E-state index contributed by atoms with van der Waals surface area (Å²) >= 11 is 5.54. The first-order valence-electron chi connectivity index (χ1n) is 5.21. The van der Waals surface area contributed by atoms with Crippen molar-refractivity contribution in [2.24, 2.45) is 0 Å². The number of carboxylic acid groups (broad SMARTS) is 1. The van der Waals surface area contributed by atoms with Crippen LogP contribution in [0.3, 0.4) is 0 Å². The number of aliphatic carboxylic acids is 1. The summed E-state index contributed by atoms with van der Waals surface area (Å²) in [5.74, 6) is -1.05. The molecule has 1 atom stereocenters. The van der Waals surface area contributed by atoms with Crippen molar-refractivity contribution >= 4 is 23.3 Å². The molecular formula is C11H12ClNO5. The molecule has 18 heavy (non-hydrogen) atoms. The molecular weight excluding hydrogens is 262 g/mol. The van der Waals surface area contributed by atoms with Gasteiger partial charge in [-0.1, -0.05) is 6.07 Å². The fourth-order valence-electron chi connectivity index (χ4n) is 1.57. The van der Waals surface area contributed by atoms with Crippen LogP contribution in [0.15, 0.2) is 18.2 Å². The zero-order valence-corrected chi connectivity index (χ0v) is 10.1. The number of nitrogens with zero attached hydrogens (tertiary/aromatic N) is 1. The molecule has 2 N–H and O–H groups in total. The molecule has 7 heteroatoms. The lowest BCUT2D eigenvalue weighted by molar-refractivity contribution is -0.385. The summed E-state index contributed by atoms with van der Waals surface area (Å²) < 4.78 is 0. The van der Waals surface area contributed by atoms with Crippen LogP contribution < -0.4 is 0 Å². The number of benzene rings is 1. The van der Waals surface area contributed by atoms with E-state index in [0.717, 1.165) is 6.07 Å². The van der Waals surface area contributed by atoms with E-state index in [9.17, 15) is 20.0 Å². The summed E-state index contributed by atoms with van der Waals surface area (Å²) in [4.78, 5) is 20.8. The minimum Gasteiger partial charge on any atom is -0.479 e. The molecule has 0 aliphatic carbocycles. The predicted molar refractivity (Wildman–Crippen MR) is 64.7 cm³/mol. The van der Waals surface area contributed by atoms with Gasteiger partial charge in [-0.3, -0.25) is 10.1 Å². The van der Waals surface area contributed by atoms with Gasteiger partial charge >= 0.3 is 5.97 Å². The lowest BCUT2D eigenvalue weighted by atomic mass is 9.98. The van der Waals surface area contributed by atoms with Crippen molar-refractivity contribution in [3.63, 3.8) is 0 Å². The summed E-state index contributed by atoms with van der Waals surface area (Å²) in [7, 11) is 0. The molecule has 0 saturated heterocycles. The standard InChI is InChI=1S/C11H12ClNO5/c12-5-1-2-7-3-4-8(13(17)18)6-9(7)10(14)11(15)16/h3-4,6,10,14H,1-2,5H2,(H,15,16). The number of nitro groups is 1.